The molecule has 3 heteroatoms. The van der Waals surface area contributed by atoms with Crippen LogP contribution in [0.4, 0.5) is 0 Å². The maximum atomic E-state index is 6.70. The zero-order chi connectivity index (χ0) is 20.8. The second-order valence-corrected chi connectivity index (χ2v) is 10.8. The van der Waals surface area contributed by atoms with Crippen molar-refractivity contribution in [3.8, 4) is 0 Å². The molecule has 2 rings (SSSR count). The number of benzene rings is 2. The Morgan fingerprint density at radius 3 is 1.72 bits per heavy atom. The van der Waals surface area contributed by atoms with E-state index in [4.69, 9.17) is 8.85 Å². The third kappa shape index (κ3) is 7.92. The van der Waals surface area contributed by atoms with E-state index < -0.39 is 8.56 Å². The van der Waals surface area contributed by atoms with Crippen molar-refractivity contribution in [1.82, 2.24) is 0 Å². The van der Waals surface area contributed by atoms with Crippen LogP contribution in [-0.2, 0) is 8.85 Å². The lowest BCUT2D eigenvalue weighted by molar-refractivity contribution is 0.189. The Bertz CT molecular complexity index is 645. The van der Waals surface area contributed by atoms with E-state index in [0.717, 1.165) is 25.0 Å². The third-order valence-electron chi connectivity index (χ3n) is 5.20. The van der Waals surface area contributed by atoms with E-state index in [1.54, 1.807) is 0 Å². The van der Waals surface area contributed by atoms with Gasteiger partial charge in [-0.1, -0.05) is 112 Å². The molecule has 0 aliphatic heterocycles. The number of unbranched alkanes of at least 4 members (excludes halogenated alkanes) is 6. The molecule has 0 aromatic heterocycles. The Morgan fingerprint density at radius 2 is 1.21 bits per heavy atom. The van der Waals surface area contributed by atoms with E-state index in [9.17, 15) is 0 Å². The molecule has 0 heterocycles. The first kappa shape index (κ1) is 23.6. The lowest BCUT2D eigenvalue weighted by atomic mass is 10.1. The molecule has 0 saturated heterocycles. The second-order valence-electron chi connectivity index (χ2n) is 7.87. The van der Waals surface area contributed by atoms with Gasteiger partial charge >= 0.3 is 8.56 Å². The molecule has 0 radical (unpaired) electrons. The van der Waals surface area contributed by atoms with Crippen LogP contribution in [0.1, 0.15) is 65.2 Å². The van der Waals surface area contributed by atoms with Crippen LogP contribution < -0.4 is 10.4 Å². The van der Waals surface area contributed by atoms with Gasteiger partial charge in [0.05, 0.1) is 0 Å². The monoisotopic (exact) mass is 410 g/mol. The molecular formula is C26H38O2Si. The van der Waals surface area contributed by atoms with Gasteiger partial charge in [-0.2, -0.15) is 0 Å². The van der Waals surface area contributed by atoms with Gasteiger partial charge in [-0.25, -0.2) is 0 Å². The van der Waals surface area contributed by atoms with Crippen LogP contribution >= 0.6 is 0 Å². The van der Waals surface area contributed by atoms with Gasteiger partial charge in [0.1, 0.15) is 0 Å². The normalized spacial score (nSPS) is 11.5. The summed E-state index contributed by atoms with van der Waals surface area (Å²) in [6.45, 7) is 9.74. The van der Waals surface area contributed by atoms with Crippen molar-refractivity contribution < 1.29 is 8.85 Å². The summed E-state index contributed by atoms with van der Waals surface area (Å²) in [5.41, 5.74) is 1.14. The summed E-state index contributed by atoms with van der Waals surface area (Å²) in [4.78, 5) is 0. The van der Waals surface area contributed by atoms with E-state index in [0.29, 0.717) is 6.61 Å². The molecule has 2 aromatic rings. The van der Waals surface area contributed by atoms with Crippen molar-refractivity contribution in [2.45, 2.75) is 65.2 Å². The molecule has 0 N–H and O–H groups in total. The topological polar surface area (TPSA) is 18.5 Å². The van der Waals surface area contributed by atoms with Crippen LogP contribution in [0.15, 0.2) is 72.8 Å². The highest BCUT2D eigenvalue weighted by molar-refractivity contribution is 6.92. The molecule has 0 unspecified atom stereocenters. The van der Waals surface area contributed by atoms with Gasteiger partial charge in [0.15, 0.2) is 0 Å². The maximum absolute atomic E-state index is 6.70. The summed E-state index contributed by atoms with van der Waals surface area (Å²) in [5.74, 6) is 0. The van der Waals surface area contributed by atoms with Gasteiger partial charge in [0, 0.05) is 13.2 Å². The minimum absolute atomic E-state index is 0.641. The predicted molar refractivity (Wildman–Crippen MR) is 127 cm³/mol. The highest BCUT2D eigenvalue weighted by Gasteiger charge is 2.42. The smallest absolute Gasteiger partial charge is 0.388 e. The average molecular weight is 411 g/mol. The molecule has 2 nitrogen and oxygen atoms in total. The summed E-state index contributed by atoms with van der Waals surface area (Å²) >= 11 is 0. The van der Waals surface area contributed by atoms with Crippen LogP contribution in [0.2, 0.25) is 0 Å². The highest BCUT2D eigenvalue weighted by Crippen LogP contribution is 2.14. The van der Waals surface area contributed by atoms with Gasteiger partial charge in [-0.3, -0.25) is 0 Å². The average Bonchev–Trinajstić information content (AvgIpc) is 2.75. The van der Waals surface area contributed by atoms with E-state index in [2.05, 4.69) is 81.1 Å². The summed E-state index contributed by atoms with van der Waals surface area (Å²) < 4.78 is 13.3. The second kappa shape index (κ2) is 13.5. The first-order valence-corrected chi connectivity index (χ1v) is 13.0. The zero-order valence-electron chi connectivity index (χ0n) is 18.4. The van der Waals surface area contributed by atoms with Crippen LogP contribution in [0.3, 0.4) is 0 Å². The fraction of sp³-hybridized carbons (Fsp3) is 0.462. The number of rotatable bonds is 15. The first-order valence-electron chi connectivity index (χ1n) is 11.2. The predicted octanol–water partition coefficient (Wildman–Crippen LogP) is 5.99. The van der Waals surface area contributed by atoms with E-state index in [1.807, 2.05) is 0 Å². The Labute approximate surface area is 179 Å². The molecule has 29 heavy (non-hydrogen) atoms. The van der Waals surface area contributed by atoms with Crippen molar-refractivity contribution >= 4 is 18.9 Å². The minimum atomic E-state index is -2.74. The van der Waals surface area contributed by atoms with E-state index >= 15 is 0 Å². The molecule has 0 bridgehead atoms. The summed E-state index contributed by atoms with van der Waals surface area (Å²) in [6.07, 6.45) is 9.81. The molecule has 0 fully saturated rings. The summed E-state index contributed by atoms with van der Waals surface area (Å²) in [7, 11) is -2.74. The van der Waals surface area contributed by atoms with Gasteiger partial charge < -0.3 is 8.85 Å². The maximum Gasteiger partial charge on any atom is 0.407 e. The zero-order valence-corrected chi connectivity index (χ0v) is 19.4. The molecule has 0 atom stereocenters. The third-order valence-corrected chi connectivity index (χ3v) is 8.60. The SMILES string of the molecule is C=C(C)CCO[Si](OCCCCCCCCC)(c1ccccc1)c1ccccc1. The van der Waals surface area contributed by atoms with Gasteiger partial charge in [0.2, 0.25) is 0 Å². The molecule has 158 valence electrons. The minimum Gasteiger partial charge on any atom is -0.388 e. The summed E-state index contributed by atoms with van der Waals surface area (Å²) in [5, 5.41) is 2.35. The quantitative estimate of drug-likeness (QED) is 0.204. The van der Waals surface area contributed by atoms with Crippen LogP contribution in [0.5, 0.6) is 0 Å². The molecule has 2 aromatic carbocycles. The van der Waals surface area contributed by atoms with Crippen LogP contribution in [0.25, 0.3) is 0 Å². The Balaban J connectivity index is 2.11. The van der Waals surface area contributed by atoms with Crippen molar-refractivity contribution in [3.63, 3.8) is 0 Å². The van der Waals surface area contributed by atoms with Crippen molar-refractivity contribution in [3.05, 3.63) is 72.8 Å². The first-order chi connectivity index (χ1) is 14.2. The van der Waals surface area contributed by atoms with Crippen LogP contribution in [-0.4, -0.2) is 21.8 Å². The van der Waals surface area contributed by atoms with Crippen molar-refractivity contribution in [2.75, 3.05) is 13.2 Å². The molecule has 0 aliphatic carbocycles. The standard InChI is InChI=1S/C26H38O2Si/c1-4-5-6-7-8-9-16-22-27-29(28-23-21-24(2)3,25-17-12-10-13-18-25)26-19-14-11-15-20-26/h10-15,17-20H,2,4-9,16,21-23H2,1,3H3. The lowest BCUT2D eigenvalue weighted by Gasteiger charge is -2.31. The Kier molecular flexibility index (Phi) is 11.0. The summed E-state index contributed by atoms with van der Waals surface area (Å²) in [6, 6.07) is 21.1. The van der Waals surface area contributed by atoms with Gasteiger partial charge in [0.25, 0.3) is 0 Å². The fourth-order valence-corrected chi connectivity index (χ4v) is 6.67. The molecular weight excluding hydrogens is 372 g/mol. The lowest BCUT2D eigenvalue weighted by Crippen LogP contribution is -2.63. The van der Waals surface area contributed by atoms with E-state index in [1.165, 1.54) is 48.9 Å². The molecule has 0 amide bonds. The number of hydrogen-bond acceptors (Lipinski definition) is 2. The Morgan fingerprint density at radius 1 is 0.724 bits per heavy atom. The van der Waals surface area contributed by atoms with Crippen molar-refractivity contribution in [2.24, 2.45) is 0 Å². The molecule has 0 aliphatic rings. The van der Waals surface area contributed by atoms with Crippen molar-refractivity contribution in [1.29, 1.82) is 0 Å². The Hall–Kier alpha value is -1.68. The fourth-order valence-electron chi connectivity index (χ4n) is 3.50. The largest absolute Gasteiger partial charge is 0.407 e. The van der Waals surface area contributed by atoms with Crippen LogP contribution in [0, 0.1) is 0 Å². The highest BCUT2D eigenvalue weighted by atomic mass is 28.4. The van der Waals surface area contributed by atoms with E-state index in [-0.39, 0.29) is 0 Å². The molecule has 0 saturated carbocycles. The van der Waals surface area contributed by atoms with Gasteiger partial charge in [-0.15, -0.1) is 6.58 Å². The number of hydrogen-bond donors (Lipinski definition) is 0. The molecule has 0 spiro atoms. The van der Waals surface area contributed by atoms with Gasteiger partial charge in [-0.05, 0) is 30.1 Å².